The van der Waals surface area contributed by atoms with E-state index in [1.54, 1.807) is 7.11 Å². The van der Waals surface area contributed by atoms with Gasteiger partial charge in [0, 0.05) is 38.4 Å². The van der Waals surface area contributed by atoms with Crippen molar-refractivity contribution in [2.24, 2.45) is 0 Å². The molecular weight excluding hydrogens is 214 g/mol. The molecule has 0 aliphatic heterocycles. The van der Waals surface area contributed by atoms with Crippen LogP contribution in [0.15, 0.2) is 6.07 Å². The van der Waals surface area contributed by atoms with Gasteiger partial charge < -0.3 is 10.1 Å². The molecule has 1 N–H and O–H groups in total. The second-order valence-corrected chi connectivity index (χ2v) is 4.33. The lowest BCUT2D eigenvalue weighted by molar-refractivity contribution is 0.182. The third-order valence-corrected chi connectivity index (χ3v) is 2.90. The fraction of sp³-hybridized carbons (Fsp3) is 0.769. The van der Waals surface area contributed by atoms with E-state index < -0.39 is 0 Å². The first-order valence-corrected chi connectivity index (χ1v) is 6.46. The van der Waals surface area contributed by atoms with E-state index in [2.05, 4.69) is 35.0 Å². The monoisotopic (exact) mass is 239 g/mol. The first kappa shape index (κ1) is 14.2. The van der Waals surface area contributed by atoms with Gasteiger partial charge in [0.2, 0.25) is 0 Å². The zero-order valence-electron chi connectivity index (χ0n) is 11.5. The standard InChI is InChI=1S/C13H25N3O/c1-5-14-12(7-8-17-4)10-13-9-11(3)15-16(13)6-2/h9,12,14H,5-8,10H2,1-4H3. The molecule has 1 aromatic rings. The smallest absolute Gasteiger partial charge is 0.0596 e. The molecule has 0 amide bonds. The van der Waals surface area contributed by atoms with Gasteiger partial charge in [-0.2, -0.15) is 5.10 Å². The summed E-state index contributed by atoms with van der Waals surface area (Å²) in [6.45, 7) is 9.05. The number of hydrogen-bond donors (Lipinski definition) is 1. The summed E-state index contributed by atoms with van der Waals surface area (Å²) >= 11 is 0. The Morgan fingerprint density at radius 3 is 2.82 bits per heavy atom. The molecule has 1 unspecified atom stereocenters. The van der Waals surface area contributed by atoms with E-state index in [1.807, 2.05) is 6.92 Å². The van der Waals surface area contributed by atoms with Gasteiger partial charge in [0.1, 0.15) is 0 Å². The Bertz CT molecular complexity index is 322. The number of nitrogens with zero attached hydrogens (tertiary/aromatic N) is 2. The molecule has 4 nitrogen and oxygen atoms in total. The molecular formula is C13H25N3O. The van der Waals surface area contributed by atoms with Gasteiger partial charge in [-0.3, -0.25) is 4.68 Å². The van der Waals surface area contributed by atoms with Crippen LogP contribution in [0.25, 0.3) is 0 Å². The van der Waals surface area contributed by atoms with E-state index in [0.29, 0.717) is 6.04 Å². The van der Waals surface area contributed by atoms with Crippen LogP contribution in [-0.4, -0.2) is 36.1 Å². The van der Waals surface area contributed by atoms with Crippen molar-refractivity contribution < 1.29 is 4.74 Å². The quantitative estimate of drug-likeness (QED) is 0.751. The van der Waals surface area contributed by atoms with Crippen LogP contribution in [0.1, 0.15) is 31.7 Å². The number of rotatable bonds is 8. The normalized spacial score (nSPS) is 12.9. The molecule has 0 radical (unpaired) electrons. The predicted molar refractivity (Wildman–Crippen MR) is 70.3 cm³/mol. The molecule has 0 spiro atoms. The summed E-state index contributed by atoms with van der Waals surface area (Å²) in [4.78, 5) is 0. The molecule has 0 saturated heterocycles. The third-order valence-electron chi connectivity index (χ3n) is 2.90. The average molecular weight is 239 g/mol. The fourth-order valence-electron chi connectivity index (χ4n) is 2.11. The van der Waals surface area contributed by atoms with E-state index in [-0.39, 0.29) is 0 Å². The van der Waals surface area contributed by atoms with Crippen LogP contribution in [0.3, 0.4) is 0 Å². The van der Waals surface area contributed by atoms with Crippen molar-refractivity contribution in [3.63, 3.8) is 0 Å². The van der Waals surface area contributed by atoms with Gasteiger partial charge in [-0.1, -0.05) is 6.92 Å². The van der Waals surface area contributed by atoms with Crippen LogP contribution in [0, 0.1) is 6.92 Å². The lowest BCUT2D eigenvalue weighted by atomic mass is 10.1. The molecule has 0 saturated carbocycles. The van der Waals surface area contributed by atoms with Crippen LogP contribution in [0.4, 0.5) is 0 Å². The lowest BCUT2D eigenvalue weighted by Gasteiger charge is -2.17. The zero-order chi connectivity index (χ0) is 12.7. The summed E-state index contributed by atoms with van der Waals surface area (Å²) in [6.07, 6.45) is 2.06. The van der Waals surface area contributed by atoms with E-state index in [0.717, 1.165) is 38.2 Å². The highest BCUT2D eigenvalue weighted by Gasteiger charge is 2.12. The lowest BCUT2D eigenvalue weighted by Crippen LogP contribution is -2.32. The minimum atomic E-state index is 0.473. The second-order valence-electron chi connectivity index (χ2n) is 4.33. The topological polar surface area (TPSA) is 39.1 Å². The molecule has 0 aromatic carbocycles. The van der Waals surface area contributed by atoms with Crippen molar-refractivity contribution in [1.29, 1.82) is 0 Å². The molecule has 98 valence electrons. The number of nitrogens with one attached hydrogen (secondary N) is 1. The Labute approximate surface area is 104 Å². The number of aryl methyl sites for hydroxylation is 2. The van der Waals surface area contributed by atoms with Gasteiger partial charge in [0.05, 0.1) is 5.69 Å². The maximum atomic E-state index is 5.16. The van der Waals surface area contributed by atoms with Gasteiger partial charge in [-0.05, 0) is 32.9 Å². The summed E-state index contributed by atoms with van der Waals surface area (Å²) in [5.74, 6) is 0. The number of ether oxygens (including phenoxy) is 1. The predicted octanol–water partition coefficient (Wildman–Crippen LogP) is 1.77. The van der Waals surface area contributed by atoms with Crippen LogP contribution in [-0.2, 0) is 17.7 Å². The average Bonchev–Trinajstić information content (AvgIpc) is 2.66. The number of aromatic nitrogens is 2. The van der Waals surface area contributed by atoms with Gasteiger partial charge >= 0.3 is 0 Å². The van der Waals surface area contributed by atoms with Gasteiger partial charge in [0.25, 0.3) is 0 Å². The molecule has 1 atom stereocenters. The van der Waals surface area contributed by atoms with Crippen molar-refractivity contribution in [2.75, 3.05) is 20.3 Å². The summed E-state index contributed by atoms with van der Waals surface area (Å²) in [7, 11) is 1.75. The second kappa shape index (κ2) is 7.45. The molecule has 1 rings (SSSR count). The van der Waals surface area contributed by atoms with E-state index >= 15 is 0 Å². The minimum absolute atomic E-state index is 0.473. The van der Waals surface area contributed by atoms with Gasteiger partial charge in [-0.15, -0.1) is 0 Å². The molecule has 1 aromatic heterocycles. The van der Waals surface area contributed by atoms with Crippen molar-refractivity contribution >= 4 is 0 Å². The minimum Gasteiger partial charge on any atom is -0.385 e. The molecule has 0 fully saturated rings. The first-order valence-electron chi connectivity index (χ1n) is 6.46. The Kier molecular flexibility index (Phi) is 6.22. The highest BCUT2D eigenvalue weighted by atomic mass is 16.5. The van der Waals surface area contributed by atoms with Crippen LogP contribution in [0.2, 0.25) is 0 Å². The van der Waals surface area contributed by atoms with Gasteiger partial charge in [-0.25, -0.2) is 0 Å². The van der Waals surface area contributed by atoms with Crippen molar-refractivity contribution in [3.8, 4) is 0 Å². The molecule has 0 aliphatic rings. The number of methoxy groups -OCH3 is 1. The third kappa shape index (κ3) is 4.48. The molecule has 4 heteroatoms. The summed E-state index contributed by atoms with van der Waals surface area (Å²) in [6, 6.07) is 2.65. The maximum Gasteiger partial charge on any atom is 0.0596 e. The number of likely N-dealkylation sites (N-methyl/N-ethyl adjacent to an activating group) is 1. The Morgan fingerprint density at radius 1 is 1.47 bits per heavy atom. The maximum absolute atomic E-state index is 5.16. The Hall–Kier alpha value is -0.870. The SMILES string of the molecule is CCNC(CCOC)Cc1cc(C)nn1CC. The van der Waals surface area contributed by atoms with Crippen molar-refractivity contribution in [3.05, 3.63) is 17.5 Å². The van der Waals surface area contributed by atoms with Crippen molar-refractivity contribution in [2.45, 2.75) is 46.2 Å². The molecule has 17 heavy (non-hydrogen) atoms. The summed E-state index contributed by atoms with van der Waals surface area (Å²) < 4.78 is 7.25. The van der Waals surface area contributed by atoms with Gasteiger partial charge in [0.15, 0.2) is 0 Å². The largest absolute Gasteiger partial charge is 0.385 e. The first-order chi connectivity index (χ1) is 8.21. The number of hydrogen-bond acceptors (Lipinski definition) is 3. The zero-order valence-corrected chi connectivity index (χ0v) is 11.5. The summed E-state index contributed by atoms with van der Waals surface area (Å²) in [5.41, 5.74) is 2.41. The van der Waals surface area contributed by atoms with E-state index in [1.165, 1.54) is 5.69 Å². The van der Waals surface area contributed by atoms with Crippen LogP contribution >= 0.6 is 0 Å². The Balaban J connectivity index is 2.63. The van der Waals surface area contributed by atoms with Crippen LogP contribution in [0.5, 0.6) is 0 Å². The fourth-order valence-corrected chi connectivity index (χ4v) is 2.11. The highest BCUT2D eigenvalue weighted by molar-refractivity contribution is 5.10. The highest BCUT2D eigenvalue weighted by Crippen LogP contribution is 2.09. The van der Waals surface area contributed by atoms with Crippen LogP contribution < -0.4 is 5.32 Å². The Morgan fingerprint density at radius 2 is 2.24 bits per heavy atom. The van der Waals surface area contributed by atoms with Crippen molar-refractivity contribution in [1.82, 2.24) is 15.1 Å². The molecule has 1 heterocycles. The van der Waals surface area contributed by atoms with E-state index in [9.17, 15) is 0 Å². The van der Waals surface area contributed by atoms with E-state index in [4.69, 9.17) is 4.74 Å². The summed E-state index contributed by atoms with van der Waals surface area (Å²) in [5, 5.41) is 7.99. The molecule has 0 bridgehead atoms. The molecule has 0 aliphatic carbocycles.